The summed E-state index contributed by atoms with van der Waals surface area (Å²) in [5, 5.41) is 0. The first-order chi connectivity index (χ1) is 12.9. The molecule has 3 N–H and O–H groups in total. The Labute approximate surface area is 172 Å². The lowest BCUT2D eigenvalue weighted by Crippen LogP contribution is -2.42. The largest absolute Gasteiger partial charge is 0.339 e. The molecule has 0 unspecified atom stereocenters. The van der Waals surface area contributed by atoms with Gasteiger partial charge in [-0.2, -0.15) is 0 Å². The van der Waals surface area contributed by atoms with Crippen LogP contribution >= 0.6 is 12.4 Å². The number of benzene rings is 2. The highest BCUT2D eigenvalue weighted by Crippen LogP contribution is 2.20. The fraction of sp³-hybridized carbons (Fsp3) is 0.350. The molecule has 1 amide bonds. The van der Waals surface area contributed by atoms with E-state index in [1.165, 1.54) is 6.07 Å². The van der Waals surface area contributed by atoms with Crippen molar-refractivity contribution in [1.82, 2.24) is 9.62 Å². The number of hydrogen-bond donors (Lipinski definition) is 2. The monoisotopic (exact) mass is 423 g/mol. The zero-order valence-electron chi connectivity index (χ0n) is 15.8. The first-order valence-corrected chi connectivity index (χ1v) is 10.5. The van der Waals surface area contributed by atoms with E-state index in [4.69, 9.17) is 5.73 Å². The minimum absolute atomic E-state index is 0. The van der Waals surface area contributed by atoms with Gasteiger partial charge in [0.15, 0.2) is 0 Å². The van der Waals surface area contributed by atoms with Crippen LogP contribution in [0.15, 0.2) is 53.4 Å². The number of aryl methyl sites for hydroxylation is 1. The van der Waals surface area contributed by atoms with Crippen molar-refractivity contribution in [3.63, 3.8) is 0 Å². The third kappa shape index (κ3) is 5.32. The fourth-order valence-corrected chi connectivity index (χ4v) is 4.45. The second kappa shape index (κ2) is 9.52. The summed E-state index contributed by atoms with van der Waals surface area (Å²) in [4.78, 5) is 14.6. The van der Waals surface area contributed by atoms with E-state index < -0.39 is 10.0 Å². The topological polar surface area (TPSA) is 92.5 Å². The van der Waals surface area contributed by atoms with Crippen molar-refractivity contribution in [2.24, 2.45) is 5.73 Å². The first kappa shape index (κ1) is 22.4. The molecule has 1 fully saturated rings. The Morgan fingerprint density at radius 2 is 1.79 bits per heavy atom. The smallest absolute Gasteiger partial charge is 0.253 e. The van der Waals surface area contributed by atoms with Crippen molar-refractivity contribution >= 4 is 28.3 Å². The Bertz CT molecular complexity index is 912. The molecule has 0 spiro atoms. The highest BCUT2D eigenvalue weighted by molar-refractivity contribution is 7.89. The normalized spacial score (nSPS) is 15.1. The maximum absolute atomic E-state index is 12.8. The molecule has 1 aliphatic rings. The van der Waals surface area contributed by atoms with Crippen LogP contribution in [0.5, 0.6) is 0 Å². The molecule has 1 aliphatic heterocycles. The van der Waals surface area contributed by atoms with Crippen molar-refractivity contribution in [2.45, 2.75) is 37.2 Å². The van der Waals surface area contributed by atoms with Crippen LogP contribution in [-0.2, 0) is 16.6 Å². The van der Waals surface area contributed by atoms with Crippen molar-refractivity contribution < 1.29 is 13.2 Å². The quantitative estimate of drug-likeness (QED) is 0.772. The summed E-state index contributed by atoms with van der Waals surface area (Å²) in [7, 11) is -3.73. The van der Waals surface area contributed by atoms with E-state index in [-0.39, 0.29) is 35.8 Å². The van der Waals surface area contributed by atoms with Gasteiger partial charge < -0.3 is 10.6 Å². The van der Waals surface area contributed by atoms with E-state index in [1.54, 1.807) is 24.0 Å². The minimum Gasteiger partial charge on any atom is -0.339 e. The molecule has 0 radical (unpaired) electrons. The van der Waals surface area contributed by atoms with E-state index in [2.05, 4.69) is 4.72 Å². The van der Waals surface area contributed by atoms with Crippen molar-refractivity contribution in [3.8, 4) is 0 Å². The molecule has 0 saturated carbocycles. The van der Waals surface area contributed by atoms with E-state index in [9.17, 15) is 13.2 Å². The number of carbonyl (C=O) groups is 1. The number of nitrogens with zero attached hydrogens (tertiary/aromatic N) is 1. The predicted molar refractivity (Wildman–Crippen MR) is 112 cm³/mol. The van der Waals surface area contributed by atoms with Crippen molar-refractivity contribution in [2.75, 3.05) is 13.1 Å². The van der Waals surface area contributed by atoms with E-state index in [0.29, 0.717) is 24.2 Å². The van der Waals surface area contributed by atoms with E-state index in [1.807, 2.05) is 30.3 Å². The second-order valence-electron chi connectivity index (χ2n) is 6.92. The summed E-state index contributed by atoms with van der Waals surface area (Å²) in [6, 6.07) is 14.3. The van der Waals surface area contributed by atoms with Gasteiger partial charge in [0.2, 0.25) is 10.0 Å². The van der Waals surface area contributed by atoms with Gasteiger partial charge in [-0.3, -0.25) is 4.79 Å². The molecule has 0 aliphatic carbocycles. The molecule has 0 bridgehead atoms. The molecule has 3 rings (SSSR count). The highest BCUT2D eigenvalue weighted by Gasteiger charge is 2.24. The van der Waals surface area contributed by atoms with Crippen molar-refractivity contribution in [3.05, 3.63) is 65.2 Å². The number of nitrogens with two attached hydrogens (primary N) is 1. The number of carbonyl (C=O) groups excluding carboxylic acids is 1. The third-order valence-electron chi connectivity index (χ3n) is 4.86. The van der Waals surface area contributed by atoms with E-state index in [0.717, 1.165) is 18.4 Å². The van der Waals surface area contributed by atoms with Gasteiger partial charge in [-0.25, -0.2) is 13.1 Å². The molecular formula is C20H26ClN3O3S. The van der Waals surface area contributed by atoms with Crippen LogP contribution in [0.1, 0.15) is 34.3 Å². The summed E-state index contributed by atoms with van der Waals surface area (Å²) < 4.78 is 28.2. The van der Waals surface area contributed by atoms with Gasteiger partial charge in [-0.1, -0.05) is 36.4 Å². The van der Waals surface area contributed by atoms with Gasteiger partial charge in [0.1, 0.15) is 0 Å². The molecule has 2 aromatic rings. The van der Waals surface area contributed by atoms with Gasteiger partial charge in [0.25, 0.3) is 5.91 Å². The first-order valence-electron chi connectivity index (χ1n) is 9.06. The van der Waals surface area contributed by atoms with E-state index >= 15 is 0 Å². The van der Waals surface area contributed by atoms with Gasteiger partial charge in [-0.15, -0.1) is 12.4 Å². The van der Waals surface area contributed by atoms with Crippen LogP contribution < -0.4 is 10.5 Å². The number of sulfonamides is 1. The number of piperidine rings is 1. The summed E-state index contributed by atoms with van der Waals surface area (Å²) in [6.07, 6.45) is 1.53. The molecule has 0 atom stereocenters. The summed E-state index contributed by atoms with van der Waals surface area (Å²) >= 11 is 0. The van der Waals surface area contributed by atoms with Crippen LogP contribution in [0.2, 0.25) is 0 Å². The molecule has 1 heterocycles. The molecule has 28 heavy (non-hydrogen) atoms. The average Bonchev–Trinajstić information content (AvgIpc) is 2.67. The lowest BCUT2D eigenvalue weighted by molar-refractivity contribution is 0.0714. The van der Waals surface area contributed by atoms with Gasteiger partial charge in [0.05, 0.1) is 4.90 Å². The molecule has 0 aromatic heterocycles. The van der Waals surface area contributed by atoms with Crippen LogP contribution in [0.4, 0.5) is 0 Å². The third-order valence-corrected chi connectivity index (χ3v) is 6.40. The molecule has 1 saturated heterocycles. The Kier molecular flexibility index (Phi) is 7.60. The van der Waals surface area contributed by atoms with Crippen LogP contribution in [0.3, 0.4) is 0 Å². The second-order valence-corrected chi connectivity index (χ2v) is 8.66. The molecule has 2 aromatic carbocycles. The van der Waals surface area contributed by atoms with Gasteiger partial charge >= 0.3 is 0 Å². The van der Waals surface area contributed by atoms with Crippen molar-refractivity contribution in [1.29, 1.82) is 0 Å². The molecule has 152 valence electrons. The van der Waals surface area contributed by atoms with Crippen LogP contribution in [0, 0.1) is 6.92 Å². The van der Waals surface area contributed by atoms with Crippen LogP contribution in [0.25, 0.3) is 0 Å². The molecule has 8 heteroatoms. The molecule has 6 nitrogen and oxygen atoms in total. The average molecular weight is 424 g/mol. The number of hydrogen-bond acceptors (Lipinski definition) is 4. The number of halogens is 1. The zero-order chi connectivity index (χ0) is 19.4. The summed E-state index contributed by atoms with van der Waals surface area (Å²) in [6.45, 7) is 3.13. The maximum Gasteiger partial charge on any atom is 0.253 e. The minimum atomic E-state index is -3.73. The highest BCUT2D eigenvalue weighted by atomic mass is 35.5. The summed E-state index contributed by atoms with van der Waals surface area (Å²) in [5.41, 5.74) is 7.75. The van der Waals surface area contributed by atoms with Gasteiger partial charge in [0, 0.05) is 31.2 Å². The lowest BCUT2D eigenvalue weighted by atomic mass is 10.0. The zero-order valence-corrected chi connectivity index (χ0v) is 17.4. The Balaban J connectivity index is 0.00000280. The molecular weight excluding hydrogens is 398 g/mol. The lowest BCUT2D eigenvalue weighted by Gasteiger charge is -2.30. The summed E-state index contributed by atoms with van der Waals surface area (Å²) in [5.74, 6) is -0.151. The number of rotatable bonds is 5. The Hall–Kier alpha value is -1.93. The Morgan fingerprint density at radius 3 is 2.43 bits per heavy atom. The fourth-order valence-electron chi connectivity index (χ4n) is 3.16. The number of likely N-dealkylation sites (tertiary alicyclic amines) is 1. The van der Waals surface area contributed by atoms with Crippen LogP contribution in [-0.4, -0.2) is 38.4 Å². The SMILES string of the molecule is Cc1ccc(C(=O)N2CCC(N)CC2)cc1S(=O)(=O)NCc1ccccc1.Cl. The van der Waals surface area contributed by atoms with Gasteiger partial charge in [-0.05, 0) is 43.0 Å². The Morgan fingerprint density at radius 1 is 1.14 bits per heavy atom. The standard InChI is InChI=1S/C20H25N3O3S.ClH/c1-15-7-8-17(20(24)23-11-9-18(21)10-12-23)13-19(15)27(25,26)22-14-16-5-3-2-4-6-16;/h2-8,13,18,22H,9-12,14,21H2,1H3;1H. The number of amides is 1. The number of nitrogens with one attached hydrogen (secondary N) is 1. The maximum atomic E-state index is 12.8. The predicted octanol–water partition coefficient (Wildman–Crippen LogP) is 2.46.